The summed E-state index contributed by atoms with van der Waals surface area (Å²) in [6.45, 7) is 3.53. The summed E-state index contributed by atoms with van der Waals surface area (Å²) in [5.74, 6) is -0.0765. The van der Waals surface area contributed by atoms with E-state index in [1.807, 2.05) is 11.0 Å². The van der Waals surface area contributed by atoms with Gasteiger partial charge in [-0.25, -0.2) is 0 Å². The number of carbonyl (C=O) groups is 1. The Balaban J connectivity index is 1.42. The molecule has 2 saturated heterocycles. The summed E-state index contributed by atoms with van der Waals surface area (Å²) in [6.07, 6.45) is 1.03. The van der Waals surface area contributed by atoms with Crippen molar-refractivity contribution in [3.63, 3.8) is 0 Å². The van der Waals surface area contributed by atoms with Crippen LogP contribution in [-0.2, 0) is 0 Å². The monoisotopic (exact) mass is 342 g/mol. The lowest BCUT2D eigenvalue weighted by atomic mass is 9.78. The molecule has 0 radical (unpaired) electrons. The molecule has 0 unspecified atom stereocenters. The van der Waals surface area contributed by atoms with Crippen LogP contribution in [0.5, 0.6) is 5.75 Å². The summed E-state index contributed by atoms with van der Waals surface area (Å²) in [5.41, 5.74) is 1.95. The molecule has 5 heteroatoms. The highest BCUT2D eigenvalue weighted by Gasteiger charge is 2.48. The van der Waals surface area contributed by atoms with Gasteiger partial charge in [0.1, 0.15) is 5.75 Å². The molecular formula is C19H19ClN2O2. The summed E-state index contributed by atoms with van der Waals surface area (Å²) < 4.78 is 0. The number of phenols is 1. The van der Waals surface area contributed by atoms with Crippen LogP contribution in [0.4, 0.5) is 5.69 Å². The first-order valence-corrected chi connectivity index (χ1v) is 8.52. The molecule has 2 aromatic carbocycles. The zero-order valence-corrected chi connectivity index (χ0v) is 14.0. The number of anilines is 1. The third-order valence-corrected chi connectivity index (χ3v) is 5.41. The van der Waals surface area contributed by atoms with E-state index in [4.69, 9.17) is 11.6 Å². The number of phenolic OH excluding ortho intramolecular Hbond substituents is 1. The molecule has 1 amide bonds. The van der Waals surface area contributed by atoms with Gasteiger partial charge in [0.05, 0.1) is 5.02 Å². The predicted octanol–water partition coefficient (Wildman–Crippen LogP) is 3.40. The third kappa shape index (κ3) is 2.61. The highest BCUT2D eigenvalue weighted by molar-refractivity contribution is 6.32. The Morgan fingerprint density at radius 2 is 1.83 bits per heavy atom. The minimum atomic E-state index is -0.0460. The highest BCUT2D eigenvalue weighted by Crippen LogP contribution is 2.42. The molecule has 0 bridgehead atoms. The van der Waals surface area contributed by atoms with Gasteiger partial charge in [-0.15, -0.1) is 0 Å². The number of carbonyl (C=O) groups excluding carboxylic acids is 1. The molecule has 0 aliphatic carbocycles. The standard InChI is InChI=1S/C19H19ClN2O2/c20-16-7-6-14(10-17(16)23)18(24)21-9-8-19(11-21)12-22(13-19)15-4-2-1-3-5-15/h1-7,10,23H,8-9,11-13H2. The van der Waals surface area contributed by atoms with Crippen molar-refractivity contribution in [2.24, 2.45) is 5.41 Å². The fourth-order valence-electron chi connectivity index (χ4n) is 3.78. The van der Waals surface area contributed by atoms with Crippen LogP contribution in [0.3, 0.4) is 0 Å². The van der Waals surface area contributed by atoms with E-state index >= 15 is 0 Å². The van der Waals surface area contributed by atoms with E-state index < -0.39 is 0 Å². The van der Waals surface area contributed by atoms with Gasteiger partial charge in [-0.1, -0.05) is 29.8 Å². The van der Waals surface area contributed by atoms with Crippen LogP contribution in [0.25, 0.3) is 0 Å². The molecule has 4 nitrogen and oxygen atoms in total. The molecule has 1 spiro atoms. The van der Waals surface area contributed by atoms with E-state index in [1.165, 1.54) is 11.8 Å². The van der Waals surface area contributed by atoms with Gasteiger partial charge >= 0.3 is 0 Å². The van der Waals surface area contributed by atoms with E-state index in [9.17, 15) is 9.90 Å². The first-order chi connectivity index (χ1) is 11.6. The van der Waals surface area contributed by atoms with E-state index in [-0.39, 0.29) is 22.1 Å². The van der Waals surface area contributed by atoms with Gasteiger partial charge in [-0.05, 0) is 36.8 Å². The van der Waals surface area contributed by atoms with Gasteiger partial charge < -0.3 is 14.9 Å². The van der Waals surface area contributed by atoms with Crippen molar-refractivity contribution in [1.82, 2.24) is 4.90 Å². The average molecular weight is 343 g/mol. The quantitative estimate of drug-likeness (QED) is 0.909. The summed E-state index contributed by atoms with van der Waals surface area (Å²) in [7, 11) is 0. The maximum atomic E-state index is 12.6. The van der Waals surface area contributed by atoms with Crippen molar-refractivity contribution < 1.29 is 9.90 Å². The van der Waals surface area contributed by atoms with Gasteiger partial charge in [0.25, 0.3) is 5.91 Å². The second-order valence-electron chi connectivity index (χ2n) is 6.83. The summed E-state index contributed by atoms with van der Waals surface area (Å²) >= 11 is 5.82. The number of rotatable bonds is 2. The number of nitrogens with zero attached hydrogens (tertiary/aromatic N) is 2. The normalized spacial score (nSPS) is 18.7. The van der Waals surface area contributed by atoms with E-state index in [0.717, 1.165) is 32.6 Å². The van der Waals surface area contributed by atoms with Crippen LogP contribution < -0.4 is 4.90 Å². The van der Waals surface area contributed by atoms with Crippen LogP contribution in [-0.4, -0.2) is 42.1 Å². The van der Waals surface area contributed by atoms with Crippen molar-refractivity contribution >= 4 is 23.2 Å². The number of hydrogen-bond donors (Lipinski definition) is 1. The summed E-state index contributed by atoms with van der Waals surface area (Å²) in [6, 6.07) is 15.1. The fourth-order valence-corrected chi connectivity index (χ4v) is 3.90. The van der Waals surface area contributed by atoms with E-state index in [0.29, 0.717) is 5.56 Å². The number of benzene rings is 2. The van der Waals surface area contributed by atoms with Gasteiger partial charge in [-0.2, -0.15) is 0 Å². The second kappa shape index (κ2) is 5.71. The van der Waals surface area contributed by atoms with Crippen molar-refractivity contribution in [2.75, 3.05) is 31.1 Å². The van der Waals surface area contributed by atoms with Crippen LogP contribution in [0, 0.1) is 5.41 Å². The van der Waals surface area contributed by atoms with Crippen LogP contribution in [0.15, 0.2) is 48.5 Å². The highest BCUT2D eigenvalue weighted by atomic mass is 35.5. The average Bonchev–Trinajstić information content (AvgIpc) is 3.02. The molecule has 2 aliphatic heterocycles. The predicted molar refractivity (Wildman–Crippen MR) is 94.7 cm³/mol. The number of halogens is 1. The van der Waals surface area contributed by atoms with Crippen LogP contribution in [0.1, 0.15) is 16.8 Å². The fraction of sp³-hybridized carbons (Fsp3) is 0.316. The molecule has 0 atom stereocenters. The van der Waals surface area contributed by atoms with Gasteiger partial charge in [0.15, 0.2) is 0 Å². The zero-order chi connectivity index (χ0) is 16.7. The lowest BCUT2D eigenvalue weighted by Gasteiger charge is -2.49. The first kappa shape index (κ1) is 15.3. The van der Waals surface area contributed by atoms with Crippen LogP contribution >= 0.6 is 11.6 Å². The smallest absolute Gasteiger partial charge is 0.254 e. The Morgan fingerprint density at radius 3 is 2.54 bits per heavy atom. The van der Waals surface area contributed by atoms with E-state index in [1.54, 1.807) is 12.1 Å². The largest absolute Gasteiger partial charge is 0.506 e. The van der Waals surface area contributed by atoms with Gasteiger partial charge in [0.2, 0.25) is 0 Å². The second-order valence-corrected chi connectivity index (χ2v) is 7.24. The number of hydrogen-bond acceptors (Lipinski definition) is 3. The number of amides is 1. The molecule has 2 aliphatic rings. The lowest BCUT2D eigenvalue weighted by Crippen LogP contribution is -2.58. The molecule has 24 heavy (non-hydrogen) atoms. The Bertz CT molecular complexity index is 772. The maximum Gasteiger partial charge on any atom is 0.254 e. The maximum absolute atomic E-state index is 12.6. The minimum absolute atomic E-state index is 0.0306. The molecule has 0 saturated carbocycles. The third-order valence-electron chi connectivity index (χ3n) is 5.09. The summed E-state index contributed by atoms with van der Waals surface area (Å²) in [5, 5.41) is 9.97. The SMILES string of the molecule is O=C(c1ccc(Cl)c(O)c1)N1CCC2(C1)CN(c1ccccc1)C2. The molecule has 1 N–H and O–H groups in total. The Morgan fingerprint density at radius 1 is 1.08 bits per heavy atom. The molecular weight excluding hydrogens is 324 g/mol. The number of aromatic hydroxyl groups is 1. The molecule has 2 fully saturated rings. The number of likely N-dealkylation sites (tertiary alicyclic amines) is 1. The van der Waals surface area contributed by atoms with Crippen molar-refractivity contribution in [3.8, 4) is 5.75 Å². The summed E-state index contributed by atoms with van der Waals surface area (Å²) in [4.78, 5) is 16.9. The van der Waals surface area contributed by atoms with E-state index in [2.05, 4.69) is 29.2 Å². The lowest BCUT2D eigenvalue weighted by molar-refractivity contribution is 0.0762. The molecule has 4 rings (SSSR count). The molecule has 124 valence electrons. The van der Waals surface area contributed by atoms with Crippen molar-refractivity contribution in [2.45, 2.75) is 6.42 Å². The van der Waals surface area contributed by atoms with Gasteiger partial charge in [0, 0.05) is 42.8 Å². The van der Waals surface area contributed by atoms with Crippen molar-refractivity contribution in [1.29, 1.82) is 0 Å². The first-order valence-electron chi connectivity index (χ1n) is 8.14. The topological polar surface area (TPSA) is 43.8 Å². The number of para-hydroxylation sites is 1. The molecule has 2 aromatic rings. The van der Waals surface area contributed by atoms with Crippen molar-refractivity contribution in [3.05, 3.63) is 59.1 Å². The minimum Gasteiger partial charge on any atom is -0.506 e. The van der Waals surface area contributed by atoms with Crippen LogP contribution in [0.2, 0.25) is 5.02 Å². The Labute approximate surface area is 146 Å². The molecule has 2 heterocycles. The Hall–Kier alpha value is -2.20. The zero-order valence-electron chi connectivity index (χ0n) is 13.3. The Kier molecular flexibility index (Phi) is 3.65. The van der Waals surface area contributed by atoms with Gasteiger partial charge in [-0.3, -0.25) is 4.79 Å². The molecule has 0 aromatic heterocycles.